The van der Waals surface area contributed by atoms with Crippen LogP contribution in [0.2, 0.25) is 0 Å². The number of anilines is 1. The van der Waals surface area contributed by atoms with Gasteiger partial charge in [0.25, 0.3) is 5.91 Å². The van der Waals surface area contributed by atoms with Crippen molar-refractivity contribution < 1.29 is 4.79 Å². The zero-order chi connectivity index (χ0) is 14.5. The molecule has 0 aliphatic heterocycles. The van der Waals surface area contributed by atoms with Crippen LogP contribution in [0.1, 0.15) is 43.0 Å². The number of nitrogens with one attached hydrogen (secondary N) is 1. The van der Waals surface area contributed by atoms with E-state index in [1.54, 1.807) is 19.0 Å². The van der Waals surface area contributed by atoms with Gasteiger partial charge in [0.1, 0.15) is 0 Å². The predicted octanol–water partition coefficient (Wildman–Crippen LogP) is 3.63. The van der Waals surface area contributed by atoms with Crippen molar-refractivity contribution in [3.05, 3.63) is 29.8 Å². The van der Waals surface area contributed by atoms with Crippen LogP contribution in [0.25, 0.3) is 0 Å². The molecule has 1 amide bonds. The van der Waals surface area contributed by atoms with E-state index in [-0.39, 0.29) is 5.91 Å². The molecule has 110 valence electrons. The summed E-state index contributed by atoms with van der Waals surface area (Å²) in [5.74, 6) is 1.66. The molecule has 1 aliphatic rings. The molecular formula is C17H26N2O. The zero-order valence-corrected chi connectivity index (χ0v) is 12.9. The summed E-state index contributed by atoms with van der Waals surface area (Å²) in [6, 6.07) is 7.80. The molecule has 1 aliphatic carbocycles. The normalized spacial score (nSPS) is 22.4. The third-order valence-electron chi connectivity index (χ3n) is 4.40. The number of nitrogens with zero attached hydrogens (tertiary/aromatic N) is 1. The average molecular weight is 274 g/mol. The topological polar surface area (TPSA) is 32.3 Å². The molecule has 1 aromatic carbocycles. The molecule has 3 heteroatoms. The molecule has 0 saturated heterocycles. The Balaban J connectivity index is 1.89. The third-order valence-corrected chi connectivity index (χ3v) is 4.40. The number of carbonyl (C=O) groups is 1. The van der Waals surface area contributed by atoms with E-state index in [4.69, 9.17) is 0 Å². The van der Waals surface area contributed by atoms with E-state index in [1.807, 2.05) is 24.3 Å². The maximum Gasteiger partial charge on any atom is 0.253 e. The lowest BCUT2D eigenvalue weighted by Crippen LogP contribution is -2.24. The Morgan fingerprint density at radius 1 is 1.20 bits per heavy atom. The molecule has 3 nitrogen and oxygen atoms in total. The van der Waals surface area contributed by atoms with Crippen LogP contribution in [-0.2, 0) is 0 Å². The van der Waals surface area contributed by atoms with Crippen LogP contribution in [0.3, 0.4) is 0 Å². The van der Waals surface area contributed by atoms with E-state index in [9.17, 15) is 4.79 Å². The zero-order valence-electron chi connectivity index (χ0n) is 12.9. The van der Waals surface area contributed by atoms with E-state index < -0.39 is 0 Å². The standard InChI is InChI=1S/C17H26N2O/c1-13-6-4-5-7-15(13)12-18-16-10-8-14(9-11-16)17(20)19(2)3/h8-11,13,15,18H,4-7,12H2,1-3H3/t13-,15-/m1/s1. The fourth-order valence-electron chi connectivity index (χ4n) is 2.93. The van der Waals surface area contributed by atoms with E-state index in [0.717, 1.165) is 29.6 Å². The first-order chi connectivity index (χ1) is 9.58. The minimum Gasteiger partial charge on any atom is -0.385 e. The van der Waals surface area contributed by atoms with E-state index in [2.05, 4.69) is 12.2 Å². The second-order valence-corrected chi connectivity index (χ2v) is 6.18. The molecule has 20 heavy (non-hydrogen) atoms. The van der Waals surface area contributed by atoms with Crippen molar-refractivity contribution in [1.29, 1.82) is 0 Å². The molecule has 0 bridgehead atoms. The summed E-state index contributed by atoms with van der Waals surface area (Å²) in [5.41, 5.74) is 1.85. The van der Waals surface area contributed by atoms with Gasteiger partial charge in [0, 0.05) is 31.9 Å². The third kappa shape index (κ3) is 3.75. The highest BCUT2D eigenvalue weighted by Crippen LogP contribution is 2.29. The van der Waals surface area contributed by atoms with Gasteiger partial charge in [-0.1, -0.05) is 26.2 Å². The lowest BCUT2D eigenvalue weighted by molar-refractivity contribution is 0.0827. The van der Waals surface area contributed by atoms with Crippen LogP contribution in [0, 0.1) is 11.8 Å². The lowest BCUT2D eigenvalue weighted by atomic mass is 9.80. The van der Waals surface area contributed by atoms with Gasteiger partial charge in [-0.2, -0.15) is 0 Å². The maximum absolute atomic E-state index is 11.8. The van der Waals surface area contributed by atoms with Crippen molar-refractivity contribution in [2.45, 2.75) is 32.6 Å². The fraction of sp³-hybridized carbons (Fsp3) is 0.588. The number of amides is 1. The smallest absolute Gasteiger partial charge is 0.253 e. The Bertz CT molecular complexity index is 439. The van der Waals surface area contributed by atoms with Gasteiger partial charge in [-0.3, -0.25) is 4.79 Å². The summed E-state index contributed by atoms with van der Waals surface area (Å²) >= 11 is 0. The van der Waals surface area contributed by atoms with Gasteiger partial charge in [0.15, 0.2) is 0 Å². The number of benzene rings is 1. The second-order valence-electron chi connectivity index (χ2n) is 6.18. The van der Waals surface area contributed by atoms with Crippen LogP contribution >= 0.6 is 0 Å². The van der Waals surface area contributed by atoms with Crippen molar-refractivity contribution in [3.8, 4) is 0 Å². The molecule has 2 atom stereocenters. The maximum atomic E-state index is 11.8. The summed E-state index contributed by atoms with van der Waals surface area (Å²) in [7, 11) is 3.55. The molecular weight excluding hydrogens is 248 g/mol. The molecule has 0 aromatic heterocycles. The van der Waals surface area contributed by atoms with Gasteiger partial charge in [-0.25, -0.2) is 0 Å². The van der Waals surface area contributed by atoms with Gasteiger partial charge in [-0.05, 0) is 42.5 Å². The minimum atomic E-state index is 0.0532. The van der Waals surface area contributed by atoms with E-state index in [1.165, 1.54) is 25.7 Å². The number of hydrogen-bond acceptors (Lipinski definition) is 2. The molecule has 2 rings (SSSR count). The van der Waals surface area contributed by atoms with Gasteiger partial charge >= 0.3 is 0 Å². The highest BCUT2D eigenvalue weighted by molar-refractivity contribution is 5.94. The van der Waals surface area contributed by atoms with Gasteiger partial charge in [0.2, 0.25) is 0 Å². The second kappa shape index (κ2) is 6.78. The first kappa shape index (κ1) is 14.9. The molecule has 0 radical (unpaired) electrons. The van der Waals surface area contributed by atoms with Crippen molar-refractivity contribution in [2.24, 2.45) is 11.8 Å². The van der Waals surface area contributed by atoms with Crippen LogP contribution in [0.5, 0.6) is 0 Å². The van der Waals surface area contributed by atoms with Crippen LogP contribution in [0.4, 0.5) is 5.69 Å². The Kier molecular flexibility index (Phi) is 5.05. The molecule has 0 spiro atoms. The first-order valence-electron chi connectivity index (χ1n) is 7.63. The van der Waals surface area contributed by atoms with Gasteiger partial charge in [0.05, 0.1) is 0 Å². The SMILES string of the molecule is C[C@@H]1CCCC[C@@H]1CNc1ccc(C(=O)N(C)C)cc1. The molecule has 1 aromatic rings. The van der Waals surface area contributed by atoms with E-state index >= 15 is 0 Å². The summed E-state index contributed by atoms with van der Waals surface area (Å²) < 4.78 is 0. The average Bonchev–Trinajstić information content (AvgIpc) is 2.46. The van der Waals surface area contributed by atoms with Crippen molar-refractivity contribution in [1.82, 2.24) is 4.90 Å². The molecule has 0 unspecified atom stereocenters. The van der Waals surface area contributed by atoms with Crippen molar-refractivity contribution in [2.75, 3.05) is 26.0 Å². The molecule has 0 heterocycles. The van der Waals surface area contributed by atoms with Crippen LogP contribution in [0.15, 0.2) is 24.3 Å². The highest BCUT2D eigenvalue weighted by Gasteiger charge is 2.20. The predicted molar refractivity (Wildman–Crippen MR) is 84.1 cm³/mol. The minimum absolute atomic E-state index is 0.0532. The van der Waals surface area contributed by atoms with Crippen molar-refractivity contribution in [3.63, 3.8) is 0 Å². The summed E-state index contributed by atoms with van der Waals surface area (Å²) in [6.45, 7) is 3.41. The largest absolute Gasteiger partial charge is 0.385 e. The Morgan fingerprint density at radius 2 is 1.85 bits per heavy atom. The Hall–Kier alpha value is -1.51. The van der Waals surface area contributed by atoms with Gasteiger partial charge in [-0.15, -0.1) is 0 Å². The molecule has 1 saturated carbocycles. The van der Waals surface area contributed by atoms with Crippen molar-refractivity contribution >= 4 is 11.6 Å². The molecule has 1 fully saturated rings. The summed E-state index contributed by atoms with van der Waals surface area (Å²) in [5, 5.41) is 3.52. The first-order valence-corrected chi connectivity index (χ1v) is 7.63. The highest BCUT2D eigenvalue weighted by atomic mass is 16.2. The fourth-order valence-corrected chi connectivity index (χ4v) is 2.93. The number of rotatable bonds is 4. The summed E-state index contributed by atoms with van der Waals surface area (Å²) in [4.78, 5) is 13.4. The number of hydrogen-bond donors (Lipinski definition) is 1. The lowest BCUT2D eigenvalue weighted by Gasteiger charge is -2.29. The Morgan fingerprint density at radius 3 is 2.45 bits per heavy atom. The summed E-state index contributed by atoms with van der Waals surface area (Å²) in [6.07, 6.45) is 5.46. The van der Waals surface area contributed by atoms with Crippen LogP contribution in [-0.4, -0.2) is 31.4 Å². The quantitative estimate of drug-likeness (QED) is 0.909. The van der Waals surface area contributed by atoms with Crippen LogP contribution < -0.4 is 5.32 Å². The monoisotopic (exact) mass is 274 g/mol. The Labute approximate surface area is 122 Å². The van der Waals surface area contributed by atoms with Gasteiger partial charge < -0.3 is 10.2 Å². The van der Waals surface area contributed by atoms with E-state index in [0.29, 0.717) is 0 Å². The molecule has 1 N–H and O–H groups in total. The number of carbonyl (C=O) groups excluding carboxylic acids is 1.